The molecular weight excluding hydrogens is 258 g/mol. The maximum absolute atomic E-state index is 12.0. The zero-order valence-electron chi connectivity index (χ0n) is 12.4. The molecular formula is C15H21NO4. The Morgan fingerprint density at radius 2 is 1.70 bits per heavy atom. The molecule has 0 saturated heterocycles. The van der Waals surface area contributed by atoms with Crippen LogP contribution in [-0.2, 0) is 4.74 Å². The van der Waals surface area contributed by atoms with E-state index in [1.807, 2.05) is 13.8 Å². The van der Waals surface area contributed by atoms with Crippen LogP contribution in [0, 0.1) is 0 Å². The third-order valence-electron chi connectivity index (χ3n) is 2.82. The Morgan fingerprint density at radius 1 is 1.10 bits per heavy atom. The highest BCUT2D eigenvalue weighted by molar-refractivity contribution is 6.02. The Balaban J connectivity index is 3.25. The Bertz CT molecular complexity index is 481. The highest BCUT2D eigenvalue weighted by atomic mass is 16.7. The van der Waals surface area contributed by atoms with Gasteiger partial charge in [0, 0.05) is 13.1 Å². The Kier molecular flexibility index (Phi) is 6.18. The molecule has 0 aliphatic rings. The fraction of sp³-hybridized carbons (Fsp3) is 0.467. The van der Waals surface area contributed by atoms with Crippen molar-refractivity contribution in [3.8, 4) is 5.75 Å². The summed E-state index contributed by atoms with van der Waals surface area (Å²) in [5.74, 6) is -0.377. The monoisotopic (exact) mass is 279 g/mol. The van der Waals surface area contributed by atoms with E-state index in [2.05, 4.69) is 0 Å². The zero-order valence-corrected chi connectivity index (χ0v) is 12.4. The molecule has 0 spiro atoms. The number of carbonyl (C=O) groups is 2. The van der Waals surface area contributed by atoms with E-state index in [0.717, 1.165) is 0 Å². The Labute approximate surface area is 119 Å². The zero-order chi connectivity index (χ0) is 15.1. The second-order valence-electron chi connectivity index (χ2n) is 4.16. The summed E-state index contributed by atoms with van der Waals surface area (Å²) in [7, 11) is 0. The maximum atomic E-state index is 12.0. The van der Waals surface area contributed by atoms with E-state index >= 15 is 0 Å². The van der Waals surface area contributed by atoms with Gasteiger partial charge in [-0.05, 0) is 39.8 Å². The first kappa shape index (κ1) is 16.2. The lowest BCUT2D eigenvalue weighted by atomic mass is 10.1. The molecule has 0 amide bonds. The average Bonchev–Trinajstić information content (AvgIpc) is 2.44. The summed E-state index contributed by atoms with van der Waals surface area (Å²) < 4.78 is 5.00. The normalized spacial score (nSPS) is 10.4. The number of carbonyl (C=O) groups excluding carboxylic acids is 2. The van der Waals surface area contributed by atoms with E-state index in [0.29, 0.717) is 18.7 Å². The lowest BCUT2D eigenvalue weighted by molar-refractivity contribution is -0.0501. The fourth-order valence-electron chi connectivity index (χ4n) is 1.76. The summed E-state index contributed by atoms with van der Waals surface area (Å²) in [5, 5.41) is 1.67. The van der Waals surface area contributed by atoms with Gasteiger partial charge < -0.3 is 9.57 Å². The minimum absolute atomic E-state index is 0.154. The first-order valence-corrected chi connectivity index (χ1v) is 6.79. The number of esters is 1. The van der Waals surface area contributed by atoms with E-state index in [1.165, 1.54) is 6.92 Å². The van der Waals surface area contributed by atoms with Gasteiger partial charge in [0.15, 0.2) is 11.5 Å². The maximum Gasteiger partial charge on any atom is 0.342 e. The second kappa shape index (κ2) is 7.65. The largest absolute Gasteiger partial charge is 0.462 e. The van der Waals surface area contributed by atoms with Gasteiger partial charge in [-0.1, -0.05) is 6.07 Å². The summed E-state index contributed by atoms with van der Waals surface area (Å²) in [5.41, 5.74) is 0.647. The summed E-state index contributed by atoms with van der Waals surface area (Å²) in [6.07, 6.45) is 0. The fourth-order valence-corrected chi connectivity index (χ4v) is 1.76. The second-order valence-corrected chi connectivity index (χ2v) is 4.16. The van der Waals surface area contributed by atoms with Gasteiger partial charge in [0.2, 0.25) is 0 Å². The minimum atomic E-state index is -0.488. The molecule has 0 heterocycles. The lowest BCUT2D eigenvalue weighted by Crippen LogP contribution is -2.28. The first-order chi connectivity index (χ1) is 9.54. The molecule has 5 nitrogen and oxygen atoms in total. The van der Waals surface area contributed by atoms with Crippen LogP contribution in [0.5, 0.6) is 5.75 Å². The summed E-state index contributed by atoms with van der Waals surface area (Å²) in [6.45, 7) is 8.61. The molecule has 20 heavy (non-hydrogen) atoms. The van der Waals surface area contributed by atoms with Crippen molar-refractivity contribution < 1.29 is 19.2 Å². The minimum Gasteiger partial charge on any atom is -0.462 e. The van der Waals surface area contributed by atoms with Crippen LogP contribution in [0.1, 0.15) is 48.4 Å². The van der Waals surface area contributed by atoms with E-state index < -0.39 is 5.97 Å². The number of rotatable bonds is 7. The van der Waals surface area contributed by atoms with Gasteiger partial charge in [0.1, 0.15) is 5.56 Å². The van der Waals surface area contributed by atoms with E-state index in [4.69, 9.17) is 9.57 Å². The van der Waals surface area contributed by atoms with Crippen molar-refractivity contribution in [1.29, 1.82) is 0 Å². The molecule has 0 radical (unpaired) electrons. The third-order valence-corrected chi connectivity index (χ3v) is 2.82. The van der Waals surface area contributed by atoms with Crippen molar-refractivity contribution in [3.05, 3.63) is 29.3 Å². The van der Waals surface area contributed by atoms with E-state index in [9.17, 15) is 9.59 Å². The first-order valence-electron chi connectivity index (χ1n) is 6.79. The summed E-state index contributed by atoms with van der Waals surface area (Å²) >= 11 is 0. The van der Waals surface area contributed by atoms with Crippen LogP contribution in [0.4, 0.5) is 0 Å². The molecule has 0 aromatic heterocycles. The van der Waals surface area contributed by atoms with Crippen LogP contribution in [0.3, 0.4) is 0 Å². The predicted molar refractivity (Wildman–Crippen MR) is 76.0 cm³/mol. The number of ketones is 1. The molecule has 0 fully saturated rings. The molecule has 0 aliphatic carbocycles. The summed E-state index contributed by atoms with van der Waals surface area (Å²) in [6, 6.07) is 4.89. The average molecular weight is 279 g/mol. The van der Waals surface area contributed by atoms with Crippen molar-refractivity contribution in [3.63, 3.8) is 0 Å². The van der Waals surface area contributed by atoms with Crippen LogP contribution in [0.25, 0.3) is 0 Å². The van der Waals surface area contributed by atoms with Crippen molar-refractivity contribution in [1.82, 2.24) is 5.06 Å². The number of ether oxygens (including phenoxy) is 1. The van der Waals surface area contributed by atoms with Gasteiger partial charge in [-0.2, -0.15) is 0 Å². The van der Waals surface area contributed by atoms with Crippen molar-refractivity contribution in [2.75, 3.05) is 19.7 Å². The van der Waals surface area contributed by atoms with Crippen LogP contribution < -0.4 is 4.84 Å². The Hall–Kier alpha value is -1.88. The third kappa shape index (κ3) is 3.81. The Morgan fingerprint density at radius 3 is 2.20 bits per heavy atom. The van der Waals surface area contributed by atoms with E-state index in [1.54, 1.807) is 30.2 Å². The molecule has 1 aromatic rings. The number of para-hydroxylation sites is 1. The van der Waals surface area contributed by atoms with Crippen molar-refractivity contribution >= 4 is 11.8 Å². The smallest absolute Gasteiger partial charge is 0.342 e. The van der Waals surface area contributed by atoms with Gasteiger partial charge in [-0.3, -0.25) is 4.79 Å². The molecule has 0 N–H and O–H groups in total. The lowest BCUT2D eigenvalue weighted by Gasteiger charge is -2.22. The van der Waals surface area contributed by atoms with E-state index in [-0.39, 0.29) is 23.7 Å². The predicted octanol–water partition coefficient (Wildman–Crippen LogP) is 2.70. The molecule has 5 heteroatoms. The number of nitrogens with zero attached hydrogens (tertiary/aromatic N) is 1. The van der Waals surface area contributed by atoms with Gasteiger partial charge in [0.05, 0.1) is 12.2 Å². The van der Waals surface area contributed by atoms with Gasteiger partial charge in [-0.25, -0.2) is 4.79 Å². The van der Waals surface area contributed by atoms with Crippen LogP contribution in [0.15, 0.2) is 18.2 Å². The molecule has 1 rings (SSSR count). The van der Waals surface area contributed by atoms with Gasteiger partial charge in [0.25, 0.3) is 0 Å². The molecule has 0 aliphatic heterocycles. The van der Waals surface area contributed by atoms with Crippen molar-refractivity contribution in [2.45, 2.75) is 27.7 Å². The highest BCUT2D eigenvalue weighted by Crippen LogP contribution is 2.26. The van der Waals surface area contributed by atoms with Crippen LogP contribution >= 0.6 is 0 Å². The topological polar surface area (TPSA) is 55.8 Å². The number of hydroxylamine groups is 2. The van der Waals surface area contributed by atoms with Crippen LogP contribution in [0.2, 0.25) is 0 Å². The number of benzene rings is 1. The van der Waals surface area contributed by atoms with Gasteiger partial charge >= 0.3 is 5.97 Å². The number of Topliss-reactive ketones (excluding diaryl/α,β-unsaturated/α-hetero) is 1. The van der Waals surface area contributed by atoms with Crippen molar-refractivity contribution in [2.24, 2.45) is 0 Å². The molecule has 0 saturated carbocycles. The standard InChI is InChI=1S/C15H21NO4/c1-5-16(6-2)20-14-12(11(4)17)9-8-10-13(14)15(18)19-7-3/h8-10H,5-7H2,1-4H3. The highest BCUT2D eigenvalue weighted by Gasteiger charge is 2.21. The molecule has 1 aromatic carbocycles. The molecule has 110 valence electrons. The molecule has 0 atom stereocenters. The number of hydrogen-bond acceptors (Lipinski definition) is 5. The quantitative estimate of drug-likeness (QED) is 0.436. The van der Waals surface area contributed by atoms with Crippen LogP contribution in [-0.4, -0.2) is 36.5 Å². The van der Waals surface area contributed by atoms with Gasteiger partial charge in [-0.15, -0.1) is 5.06 Å². The molecule has 0 bridgehead atoms. The SMILES string of the molecule is CCOC(=O)c1cccc(C(C)=O)c1ON(CC)CC. The molecule has 0 unspecified atom stereocenters. The summed E-state index contributed by atoms with van der Waals surface area (Å²) in [4.78, 5) is 29.4. The number of hydrogen-bond donors (Lipinski definition) is 0.